The van der Waals surface area contributed by atoms with Gasteiger partial charge in [-0.25, -0.2) is 14.2 Å². The van der Waals surface area contributed by atoms with E-state index in [4.69, 9.17) is 19.8 Å². The molecule has 0 aliphatic carbocycles. The van der Waals surface area contributed by atoms with Crippen LogP contribution < -0.4 is 0 Å². The number of phosphoric ester groups is 1. The molecule has 0 radical (unpaired) electrons. The van der Waals surface area contributed by atoms with Gasteiger partial charge in [0, 0.05) is 18.8 Å². The van der Waals surface area contributed by atoms with Crippen molar-refractivity contribution in [1.29, 1.82) is 0 Å². The van der Waals surface area contributed by atoms with E-state index < -0.39 is 26.1 Å². The number of rotatable bonds is 8. The van der Waals surface area contributed by atoms with Gasteiger partial charge in [0.15, 0.2) is 6.29 Å². The number of phosphoric acid groups is 1. The molecule has 0 heterocycles. The number of hydrogen-bond acceptors (Lipinski definition) is 6. The van der Waals surface area contributed by atoms with E-state index in [0.29, 0.717) is 18.8 Å². The van der Waals surface area contributed by atoms with Crippen LogP contribution >= 0.6 is 7.82 Å². The summed E-state index contributed by atoms with van der Waals surface area (Å²) in [4.78, 5) is 28.0. The highest BCUT2D eigenvalue weighted by Gasteiger charge is 2.23. The standard InChI is InChI=1S/C6H15O5P.C4H4O4/c1-4-9-6(3)11-12(7,8)10-5-2;5-3(6)1-2-4(7)8/h6H,4-5H2,1-3H3,(H,7,8);1-2H,(H,5,6)(H,7,8). The van der Waals surface area contributed by atoms with Gasteiger partial charge in [-0.1, -0.05) is 0 Å². The summed E-state index contributed by atoms with van der Waals surface area (Å²) >= 11 is 0. The summed E-state index contributed by atoms with van der Waals surface area (Å²) in [5.74, 6) is -2.51. The summed E-state index contributed by atoms with van der Waals surface area (Å²) in [5.41, 5.74) is 0. The molecule has 0 saturated carbocycles. The van der Waals surface area contributed by atoms with Crippen LogP contribution in [0.1, 0.15) is 20.8 Å². The minimum absolute atomic E-state index is 0.132. The molecule has 0 aliphatic rings. The molecule has 118 valence electrons. The normalized spacial score (nSPS) is 15.0. The molecule has 0 fully saturated rings. The average Bonchev–Trinajstić information content (AvgIpc) is 2.26. The first-order valence-corrected chi connectivity index (χ1v) is 7.05. The Morgan fingerprint density at radius 3 is 1.90 bits per heavy atom. The Kier molecular flexibility index (Phi) is 12.2. The first kappa shape index (κ1) is 21.1. The van der Waals surface area contributed by atoms with Crippen LogP contribution in [0, 0.1) is 0 Å². The van der Waals surface area contributed by atoms with Crippen LogP contribution in [0.25, 0.3) is 0 Å². The zero-order valence-corrected chi connectivity index (χ0v) is 12.3. The first-order valence-electron chi connectivity index (χ1n) is 5.55. The van der Waals surface area contributed by atoms with Crippen LogP contribution in [0.15, 0.2) is 12.2 Å². The van der Waals surface area contributed by atoms with Crippen LogP contribution in [0.3, 0.4) is 0 Å². The Labute approximate surface area is 116 Å². The summed E-state index contributed by atoms with van der Waals surface area (Å²) in [7, 11) is -3.90. The van der Waals surface area contributed by atoms with Crippen LogP contribution in [0.2, 0.25) is 0 Å². The molecular weight excluding hydrogens is 295 g/mol. The third-order valence-corrected chi connectivity index (χ3v) is 2.49. The van der Waals surface area contributed by atoms with Crippen LogP contribution in [-0.2, 0) is 27.9 Å². The maximum absolute atomic E-state index is 10.9. The second kappa shape index (κ2) is 11.6. The number of ether oxygens (including phenoxy) is 1. The second-order valence-electron chi connectivity index (χ2n) is 3.02. The maximum Gasteiger partial charge on any atom is 0.474 e. The molecule has 0 spiro atoms. The number of carbonyl (C=O) groups is 2. The molecule has 0 bridgehead atoms. The molecule has 20 heavy (non-hydrogen) atoms. The fourth-order valence-electron chi connectivity index (χ4n) is 0.789. The van der Waals surface area contributed by atoms with Crippen molar-refractivity contribution < 1.29 is 43.0 Å². The van der Waals surface area contributed by atoms with Gasteiger partial charge in [0.25, 0.3) is 0 Å². The molecule has 0 aromatic carbocycles. The quantitative estimate of drug-likeness (QED) is 0.343. The van der Waals surface area contributed by atoms with Gasteiger partial charge in [0.05, 0.1) is 6.61 Å². The summed E-state index contributed by atoms with van der Waals surface area (Å²) in [6.45, 7) is 5.46. The van der Waals surface area contributed by atoms with Crippen molar-refractivity contribution in [3.05, 3.63) is 12.2 Å². The molecule has 2 unspecified atom stereocenters. The van der Waals surface area contributed by atoms with Crippen molar-refractivity contribution in [2.24, 2.45) is 0 Å². The van der Waals surface area contributed by atoms with E-state index in [1.807, 2.05) is 0 Å². The predicted octanol–water partition coefficient (Wildman–Crippen LogP) is 1.23. The molecule has 0 amide bonds. The second-order valence-corrected chi connectivity index (χ2v) is 4.43. The number of carboxylic acid groups (broad SMARTS) is 2. The minimum atomic E-state index is -3.90. The van der Waals surface area contributed by atoms with Gasteiger partial charge in [-0.15, -0.1) is 0 Å². The topological polar surface area (TPSA) is 140 Å². The van der Waals surface area contributed by atoms with Gasteiger partial charge in [-0.2, -0.15) is 0 Å². The smallest absolute Gasteiger partial charge is 0.474 e. The van der Waals surface area contributed by atoms with Crippen molar-refractivity contribution in [3.63, 3.8) is 0 Å². The lowest BCUT2D eigenvalue weighted by Crippen LogP contribution is -2.11. The number of carboxylic acids is 2. The van der Waals surface area contributed by atoms with Gasteiger partial charge in [0.2, 0.25) is 0 Å². The Bertz CT molecular complexity index is 350. The third kappa shape index (κ3) is 16.8. The minimum Gasteiger partial charge on any atom is -0.478 e. The molecule has 0 aromatic heterocycles. The van der Waals surface area contributed by atoms with E-state index in [2.05, 4.69) is 9.05 Å². The van der Waals surface area contributed by atoms with Crippen molar-refractivity contribution >= 4 is 19.8 Å². The molecule has 3 N–H and O–H groups in total. The fourth-order valence-corrected chi connectivity index (χ4v) is 1.61. The van der Waals surface area contributed by atoms with Crippen LogP contribution in [0.5, 0.6) is 0 Å². The lowest BCUT2D eigenvalue weighted by Gasteiger charge is -2.16. The summed E-state index contributed by atoms with van der Waals surface area (Å²) in [6, 6.07) is 0. The SMILES string of the molecule is CCOC(C)OP(=O)(O)OCC.O=C(O)C=CC(=O)O. The maximum atomic E-state index is 10.9. The molecule has 0 aromatic rings. The molecule has 10 heteroatoms. The Morgan fingerprint density at radius 1 is 1.15 bits per heavy atom. The molecule has 9 nitrogen and oxygen atoms in total. The molecular formula is C10H19O9P. The van der Waals surface area contributed by atoms with Crippen molar-refractivity contribution in [3.8, 4) is 0 Å². The van der Waals surface area contributed by atoms with Crippen LogP contribution in [-0.4, -0.2) is 46.5 Å². The van der Waals surface area contributed by atoms with Gasteiger partial charge in [0.1, 0.15) is 0 Å². The van der Waals surface area contributed by atoms with E-state index in [-0.39, 0.29) is 6.61 Å². The Morgan fingerprint density at radius 2 is 1.60 bits per heavy atom. The first-order chi connectivity index (χ1) is 9.14. The highest BCUT2D eigenvalue weighted by molar-refractivity contribution is 7.47. The average molecular weight is 314 g/mol. The largest absolute Gasteiger partial charge is 0.478 e. The van der Waals surface area contributed by atoms with Crippen molar-refractivity contribution in [2.45, 2.75) is 27.1 Å². The van der Waals surface area contributed by atoms with Gasteiger partial charge in [-0.05, 0) is 20.8 Å². The predicted molar refractivity (Wildman–Crippen MR) is 68.0 cm³/mol. The summed E-state index contributed by atoms with van der Waals surface area (Å²) in [5, 5.41) is 15.6. The fraction of sp³-hybridized carbons (Fsp3) is 0.600. The zero-order chi connectivity index (χ0) is 16.2. The molecule has 0 saturated heterocycles. The van der Waals surface area contributed by atoms with Crippen molar-refractivity contribution in [2.75, 3.05) is 13.2 Å². The van der Waals surface area contributed by atoms with Crippen LogP contribution in [0.4, 0.5) is 0 Å². The summed E-state index contributed by atoms with van der Waals surface area (Å²) in [6.07, 6.45) is 0.391. The summed E-state index contributed by atoms with van der Waals surface area (Å²) < 4.78 is 24.9. The molecule has 2 atom stereocenters. The Hall–Kier alpha value is -1.25. The Balaban J connectivity index is 0. The van der Waals surface area contributed by atoms with E-state index in [0.717, 1.165) is 0 Å². The monoisotopic (exact) mass is 314 g/mol. The lowest BCUT2D eigenvalue weighted by atomic mass is 10.5. The van der Waals surface area contributed by atoms with E-state index >= 15 is 0 Å². The van der Waals surface area contributed by atoms with Gasteiger partial charge < -0.3 is 19.8 Å². The number of aliphatic carboxylic acids is 2. The molecule has 0 aliphatic heterocycles. The third-order valence-electron chi connectivity index (χ3n) is 1.34. The zero-order valence-electron chi connectivity index (χ0n) is 11.4. The highest BCUT2D eigenvalue weighted by atomic mass is 31.2. The van der Waals surface area contributed by atoms with E-state index in [9.17, 15) is 14.2 Å². The number of hydrogen-bond donors (Lipinski definition) is 3. The molecule has 0 rings (SSSR count). The van der Waals surface area contributed by atoms with Gasteiger partial charge >= 0.3 is 19.8 Å². The van der Waals surface area contributed by atoms with Crippen molar-refractivity contribution in [1.82, 2.24) is 0 Å². The highest BCUT2D eigenvalue weighted by Crippen LogP contribution is 2.44. The van der Waals surface area contributed by atoms with Gasteiger partial charge in [-0.3, -0.25) is 9.05 Å². The van der Waals surface area contributed by atoms with E-state index in [1.165, 1.54) is 6.92 Å². The lowest BCUT2D eigenvalue weighted by molar-refractivity contribution is -0.134. The van der Waals surface area contributed by atoms with E-state index in [1.54, 1.807) is 13.8 Å².